The number of amides is 2. The molecule has 2 aliphatic heterocycles. The van der Waals surface area contributed by atoms with E-state index in [1.54, 1.807) is 0 Å². The monoisotopic (exact) mass is 387 g/mol. The highest BCUT2D eigenvalue weighted by atomic mass is 16.2. The third kappa shape index (κ3) is 4.09. The third-order valence-electron chi connectivity index (χ3n) is 6.06. The fraction of sp³-hybridized carbons (Fsp3) is 0.762. The summed E-state index contributed by atoms with van der Waals surface area (Å²) in [5.74, 6) is 0.812. The first-order valence-electron chi connectivity index (χ1n) is 10.7. The molecule has 7 nitrogen and oxygen atoms in total. The van der Waals surface area contributed by atoms with Gasteiger partial charge >= 0.3 is 0 Å². The van der Waals surface area contributed by atoms with Crippen LogP contribution in [0.2, 0.25) is 0 Å². The smallest absolute Gasteiger partial charge is 0.274 e. The van der Waals surface area contributed by atoms with Gasteiger partial charge in [0.15, 0.2) is 5.69 Å². The number of hydrogen-bond acceptors (Lipinski definition) is 4. The fourth-order valence-electron chi connectivity index (χ4n) is 4.24. The molecule has 1 aromatic rings. The molecule has 3 heterocycles. The Morgan fingerprint density at radius 3 is 2.21 bits per heavy atom. The van der Waals surface area contributed by atoms with Gasteiger partial charge < -0.3 is 9.80 Å². The molecule has 0 atom stereocenters. The molecule has 1 aliphatic carbocycles. The van der Waals surface area contributed by atoms with Crippen molar-refractivity contribution in [2.45, 2.75) is 57.9 Å². The molecule has 0 unspecified atom stereocenters. The molecular weight excluding hydrogens is 354 g/mol. The minimum absolute atomic E-state index is 0.0235. The number of carbonyl (C=O) groups is 2. The van der Waals surface area contributed by atoms with Crippen molar-refractivity contribution >= 4 is 11.8 Å². The van der Waals surface area contributed by atoms with Crippen molar-refractivity contribution in [3.63, 3.8) is 0 Å². The van der Waals surface area contributed by atoms with Gasteiger partial charge in [-0.15, -0.1) is 0 Å². The number of likely N-dealkylation sites (tertiary alicyclic amines) is 1. The lowest BCUT2D eigenvalue weighted by molar-refractivity contribution is -0.131. The van der Waals surface area contributed by atoms with Crippen LogP contribution in [0.15, 0.2) is 6.07 Å². The van der Waals surface area contributed by atoms with E-state index in [-0.39, 0.29) is 17.4 Å². The van der Waals surface area contributed by atoms with Crippen molar-refractivity contribution in [2.75, 3.05) is 45.8 Å². The molecule has 0 aromatic carbocycles. The molecule has 7 heteroatoms. The maximum Gasteiger partial charge on any atom is 0.274 e. The van der Waals surface area contributed by atoms with E-state index in [9.17, 15) is 9.59 Å². The number of hydrogen-bond donors (Lipinski definition) is 0. The van der Waals surface area contributed by atoms with E-state index < -0.39 is 0 Å². The van der Waals surface area contributed by atoms with Crippen LogP contribution in [-0.4, -0.2) is 82.1 Å². The predicted molar refractivity (Wildman–Crippen MR) is 107 cm³/mol. The first-order valence-corrected chi connectivity index (χ1v) is 10.7. The summed E-state index contributed by atoms with van der Waals surface area (Å²) in [7, 11) is 0. The second-order valence-corrected chi connectivity index (χ2v) is 9.47. The van der Waals surface area contributed by atoms with Crippen molar-refractivity contribution in [3.8, 4) is 0 Å². The van der Waals surface area contributed by atoms with Gasteiger partial charge in [0, 0.05) is 50.9 Å². The Morgan fingerprint density at radius 1 is 1.00 bits per heavy atom. The Kier molecular flexibility index (Phi) is 5.21. The molecule has 0 N–H and O–H groups in total. The van der Waals surface area contributed by atoms with Crippen LogP contribution in [0.5, 0.6) is 0 Å². The van der Waals surface area contributed by atoms with E-state index >= 15 is 0 Å². The summed E-state index contributed by atoms with van der Waals surface area (Å²) in [6.07, 6.45) is 4.63. The molecule has 154 valence electrons. The standard InChI is InChI=1S/C21H33N5O2/c1-21(2,3)26-18(16-6-7-16)14-17(22-26)20(28)25-12-10-23(11-13-25)15-19(27)24-8-4-5-9-24/h14,16H,4-13,15H2,1-3H3. The molecule has 1 aromatic heterocycles. The average molecular weight is 388 g/mol. The maximum atomic E-state index is 13.0. The Morgan fingerprint density at radius 2 is 1.64 bits per heavy atom. The molecular formula is C21H33N5O2. The van der Waals surface area contributed by atoms with E-state index in [1.165, 1.54) is 18.5 Å². The lowest BCUT2D eigenvalue weighted by atomic mass is 10.1. The third-order valence-corrected chi connectivity index (χ3v) is 6.06. The van der Waals surface area contributed by atoms with Crippen LogP contribution in [0.1, 0.15) is 68.6 Å². The van der Waals surface area contributed by atoms with Gasteiger partial charge in [0.2, 0.25) is 5.91 Å². The Balaban J connectivity index is 1.36. The van der Waals surface area contributed by atoms with E-state index in [4.69, 9.17) is 0 Å². The highest BCUT2D eigenvalue weighted by Crippen LogP contribution is 2.41. The fourth-order valence-corrected chi connectivity index (χ4v) is 4.24. The molecule has 0 radical (unpaired) electrons. The second kappa shape index (κ2) is 7.50. The van der Waals surface area contributed by atoms with Gasteiger partial charge in [-0.2, -0.15) is 5.10 Å². The summed E-state index contributed by atoms with van der Waals surface area (Å²) in [5.41, 5.74) is 1.65. The van der Waals surface area contributed by atoms with E-state index in [0.29, 0.717) is 31.2 Å². The Labute approximate surface area is 167 Å². The minimum Gasteiger partial charge on any atom is -0.342 e. The zero-order valence-electron chi connectivity index (χ0n) is 17.5. The van der Waals surface area contributed by atoms with Crippen LogP contribution in [0.25, 0.3) is 0 Å². The molecule has 4 rings (SSSR count). The topological polar surface area (TPSA) is 61.7 Å². The number of piperazine rings is 1. The minimum atomic E-state index is -0.120. The van der Waals surface area contributed by atoms with Crippen LogP contribution in [-0.2, 0) is 10.3 Å². The zero-order chi connectivity index (χ0) is 19.9. The summed E-state index contributed by atoms with van der Waals surface area (Å²) in [6.45, 7) is 11.5. The van der Waals surface area contributed by atoms with Gasteiger partial charge in [0.05, 0.1) is 12.1 Å². The summed E-state index contributed by atoms with van der Waals surface area (Å²) in [4.78, 5) is 31.4. The number of carbonyl (C=O) groups excluding carboxylic acids is 2. The van der Waals surface area contributed by atoms with Gasteiger partial charge in [0.25, 0.3) is 5.91 Å². The number of rotatable bonds is 4. The van der Waals surface area contributed by atoms with Gasteiger partial charge in [-0.3, -0.25) is 19.2 Å². The molecule has 2 saturated heterocycles. The van der Waals surface area contributed by atoms with E-state index in [2.05, 4.69) is 30.8 Å². The molecule has 2 amide bonds. The molecule has 0 bridgehead atoms. The molecule has 28 heavy (non-hydrogen) atoms. The summed E-state index contributed by atoms with van der Waals surface area (Å²) in [5, 5.41) is 4.69. The van der Waals surface area contributed by atoms with Crippen LogP contribution >= 0.6 is 0 Å². The molecule has 0 spiro atoms. The van der Waals surface area contributed by atoms with Gasteiger partial charge in [-0.1, -0.05) is 0 Å². The molecule has 3 fully saturated rings. The number of aromatic nitrogens is 2. The highest BCUT2D eigenvalue weighted by Gasteiger charge is 2.34. The van der Waals surface area contributed by atoms with E-state index in [1.807, 2.05) is 20.5 Å². The maximum absolute atomic E-state index is 13.0. The van der Waals surface area contributed by atoms with Gasteiger partial charge in [-0.05, 0) is 52.5 Å². The van der Waals surface area contributed by atoms with Crippen LogP contribution in [0.4, 0.5) is 0 Å². The highest BCUT2D eigenvalue weighted by molar-refractivity contribution is 5.92. The molecule has 3 aliphatic rings. The van der Waals surface area contributed by atoms with Gasteiger partial charge in [0.1, 0.15) is 0 Å². The zero-order valence-corrected chi connectivity index (χ0v) is 17.5. The van der Waals surface area contributed by atoms with Crippen LogP contribution in [0.3, 0.4) is 0 Å². The van der Waals surface area contributed by atoms with Crippen molar-refractivity contribution in [3.05, 3.63) is 17.5 Å². The second-order valence-electron chi connectivity index (χ2n) is 9.47. The van der Waals surface area contributed by atoms with Crippen molar-refractivity contribution in [1.82, 2.24) is 24.5 Å². The van der Waals surface area contributed by atoms with Crippen molar-refractivity contribution < 1.29 is 9.59 Å². The molecule has 1 saturated carbocycles. The number of nitrogens with zero attached hydrogens (tertiary/aromatic N) is 5. The van der Waals surface area contributed by atoms with Crippen molar-refractivity contribution in [2.24, 2.45) is 0 Å². The Bertz CT molecular complexity index is 732. The van der Waals surface area contributed by atoms with Crippen LogP contribution in [0, 0.1) is 0 Å². The predicted octanol–water partition coefficient (Wildman–Crippen LogP) is 1.90. The quantitative estimate of drug-likeness (QED) is 0.792. The average Bonchev–Trinajstić information content (AvgIpc) is 3.18. The lowest BCUT2D eigenvalue weighted by Gasteiger charge is -2.34. The SMILES string of the molecule is CC(C)(C)n1nc(C(=O)N2CCN(CC(=O)N3CCCC3)CC2)cc1C1CC1. The first-order chi connectivity index (χ1) is 13.3. The Hall–Kier alpha value is -1.89. The van der Waals surface area contributed by atoms with Crippen LogP contribution < -0.4 is 0 Å². The van der Waals surface area contributed by atoms with Crippen molar-refractivity contribution in [1.29, 1.82) is 0 Å². The summed E-state index contributed by atoms with van der Waals surface area (Å²) < 4.78 is 2.04. The summed E-state index contributed by atoms with van der Waals surface area (Å²) >= 11 is 0. The van der Waals surface area contributed by atoms with Gasteiger partial charge in [-0.25, -0.2) is 0 Å². The van der Waals surface area contributed by atoms with E-state index in [0.717, 1.165) is 39.0 Å². The first kappa shape index (κ1) is 19.4. The largest absolute Gasteiger partial charge is 0.342 e. The normalized spacial score (nSPS) is 21.4. The summed E-state index contributed by atoms with van der Waals surface area (Å²) in [6, 6.07) is 2.01. The lowest BCUT2D eigenvalue weighted by Crippen LogP contribution is -2.51.